The molecule has 64 valence electrons. The monoisotopic (exact) mass is 220 g/mol. The Balaban J connectivity index is 2.22. The van der Waals surface area contributed by atoms with Crippen LogP contribution in [0.2, 0.25) is 0 Å². The van der Waals surface area contributed by atoms with Crippen molar-refractivity contribution >= 4 is 21.9 Å². The second-order valence-corrected chi connectivity index (χ2v) is 4.51. The first-order valence-electron chi connectivity index (χ1n) is 4.04. The van der Waals surface area contributed by atoms with Crippen LogP contribution in [0.3, 0.4) is 0 Å². The maximum absolute atomic E-state index is 10.3. The molecule has 0 spiro atoms. The summed E-state index contributed by atoms with van der Waals surface area (Å²) in [5.41, 5.74) is 0. The van der Waals surface area contributed by atoms with Crippen LogP contribution in [-0.2, 0) is 4.79 Å². The minimum absolute atomic E-state index is 0.361. The number of rotatable bonds is 2. The Labute approximate surface area is 75.1 Å². The molecule has 0 saturated heterocycles. The van der Waals surface area contributed by atoms with Gasteiger partial charge in [-0.2, -0.15) is 0 Å². The van der Waals surface area contributed by atoms with Crippen LogP contribution in [0.25, 0.3) is 0 Å². The predicted octanol–water partition coefficient (Wildman–Crippen LogP) is 2.41. The Kier molecular flexibility index (Phi) is 3.37. The fourth-order valence-corrected chi connectivity index (χ4v) is 2.10. The van der Waals surface area contributed by atoms with E-state index in [9.17, 15) is 4.79 Å². The molecule has 2 nitrogen and oxygen atoms in total. The van der Waals surface area contributed by atoms with Gasteiger partial charge in [0.15, 0.2) is 0 Å². The molecule has 1 saturated carbocycles. The van der Waals surface area contributed by atoms with Crippen LogP contribution in [0, 0.1) is 5.92 Å². The van der Waals surface area contributed by atoms with E-state index in [1.54, 1.807) is 0 Å². The van der Waals surface area contributed by atoms with Gasteiger partial charge >= 0.3 is 5.97 Å². The van der Waals surface area contributed by atoms with E-state index in [1.807, 2.05) is 0 Å². The summed E-state index contributed by atoms with van der Waals surface area (Å²) in [7, 11) is 0. The first-order valence-corrected chi connectivity index (χ1v) is 4.96. The fraction of sp³-hybridized carbons (Fsp3) is 0.875. The first-order chi connectivity index (χ1) is 5.18. The van der Waals surface area contributed by atoms with Crippen LogP contribution < -0.4 is 0 Å². The molecular formula is C8H13BrO2. The maximum atomic E-state index is 10.3. The van der Waals surface area contributed by atoms with E-state index in [-0.39, 0.29) is 0 Å². The summed E-state index contributed by atoms with van der Waals surface area (Å²) >= 11 is 3.53. The molecule has 11 heavy (non-hydrogen) atoms. The van der Waals surface area contributed by atoms with E-state index < -0.39 is 5.97 Å². The van der Waals surface area contributed by atoms with Crippen molar-refractivity contribution in [2.45, 2.75) is 36.9 Å². The average molecular weight is 221 g/mol. The van der Waals surface area contributed by atoms with Crippen molar-refractivity contribution in [1.29, 1.82) is 0 Å². The molecule has 0 aromatic heterocycles. The summed E-state index contributed by atoms with van der Waals surface area (Å²) in [6.45, 7) is 0. The van der Waals surface area contributed by atoms with Crippen molar-refractivity contribution in [2.75, 3.05) is 0 Å². The molecule has 1 fully saturated rings. The zero-order chi connectivity index (χ0) is 8.27. The van der Waals surface area contributed by atoms with Crippen LogP contribution in [0.1, 0.15) is 32.1 Å². The molecule has 0 bridgehead atoms. The summed E-state index contributed by atoms with van der Waals surface area (Å²) < 4.78 is 0. The van der Waals surface area contributed by atoms with Gasteiger partial charge in [-0.25, -0.2) is 0 Å². The smallest absolute Gasteiger partial charge is 0.303 e. The largest absolute Gasteiger partial charge is 0.481 e. The van der Waals surface area contributed by atoms with E-state index in [0.717, 1.165) is 25.7 Å². The van der Waals surface area contributed by atoms with Gasteiger partial charge in [0.05, 0.1) is 0 Å². The van der Waals surface area contributed by atoms with Crippen LogP contribution in [-0.4, -0.2) is 15.9 Å². The summed E-state index contributed by atoms with van der Waals surface area (Å²) in [6.07, 6.45) is 4.78. The van der Waals surface area contributed by atoms with Gasteiger partial charge in [0.2, 0.25) is 0 Å². The summed E-state index contributed by atoms with van der Waals surface area (Å²) in [4.78, 5) is 11.0. The van der Waals surface area contributed by atoms with Crippen LogP contribution in [0.4, 0.5) is 0 Å². The highest BCUT2D eigenvalue weighted by molar-refractivity contribution is 9.09. The molecule has 0 heterocycles. The van der Waals surface area contributed by atoms with Gasteiger partial charge in [-0.05, 0) is 31.6 Å². The van der Waals surface area contributed by atoms with Crippen molar-refractivity contribution in [3.63, 3.8) is 0 Å². The SMILES string of the molecule is O=C(O)CC1CCC(Br)CC1. The zero-order valence-corrected chi connectivity index (χ0v) is 8.01. The minimum atomic E-state index is -0.650. The topological polar surface area (TPSA) is 37.3 Å². The van der Waals surface area contributed by atoms with Crippen LogP contribution in [0.15, 0.2) is 0 Å². The number of hydrogen-bond donors (Lipinski definition) is 1. The van der Waals surface area contributed by atoms with Crippen LogP contribution in [0.5, 0.6) is 0 Å². The van der Waals surface area contributed by atoms with Gasteiger partial charge in [0.25, 0.3) is 0 Å². The molecule has 0 aromatic carbocycles. The highest BCUT2D eigenvalue weighted by atomic mass is 79.9. The zero-order valence-electron chi connectivity index (χ0n) is 6.42. The minimum Gasteiger partial charge on any atom is -0.481 e. The molecule has 0 unspecified atom stereocenters. The van der Waals surface area contributed by atoms with Gasteiger partial charge in [0.1, 0.15) is 0 Å². The number of hydrogen-bond acceptors (Lipinski definition) is 1. The lowest BCUT2D eigenvalue weighted by molar-refractivity contribution is -0.138. The first kappa shape index (κ1) is 9.04. The molecule has 1 aliphatic rings. The van der Waals surface area contributed by atoms with E-state index >= 15 is 0 Å². The molecule has 1 aliphatic carbocycles. The number of carboxylic acids is 1. The number of carbonyl (C=O) groups is 1. The van der Waals surface area contributed by atoms with Crippen molar-refractivity contribution in [3.05, 3.63) is 0 Å². The second kappa shape index (κ2) is 4.10. The van der Waals surface area contributed by atoms with Crippen molar-refractivity contribution < 1.29 is 9.90 Å². The molecule has 3 heteroatoms. The van der Waals surface area contributed by atoms with E-state index in [4.69, 9.17) is 5.11 Å². The van der Waals surface area contributed by atoms with Gasteiger partial charge in [0, 0.05) is 11.2 Å². The highest BCUT2D eigenvalue weighted by Crippen LogP contribution is 2.30. The predicted molar refractivity (Wildman–Crippen MR) is 46.9 cm³/mol. The Morgan fingerprint density at radius 1 is 1.36 bits per heavy atom. The summed E-state index contributed by atoms with van der Waals surface area (Å²) in [5, 5.41) is 8.52. The second-order valence-electron chi connectivity index (χ2n) is 3.22. The Hall–Kier alpha value is -0.0500. The fourth-order valence-electron chi connectivity index (χ4n) is 1.57. The lowest BCUT2D eigenvalue weighted by Gasteiger charge is -2.23. The molecule has 1 N–H and O–H groups in total. The maximum Gasteiger partial charge on any atom is 0.303 e. The number of alkyl halides is 1. The standard InChI is InChI=1S/C8H13BrO2/c9-7-3-1-6(2-4-7)5-8(10)11/h6-7H,1-5H2,(H,10,11). The van der Waals surface area contributed by atoms with Crippen molar-refractivity contribution in [2.24, 2.45) is 5.92 Å². The molecule has 0 radical (unpaired) electrons. The van der Waals surface area contributed by atoms with E-state index in [0.29, 0.717) is 17.2 Å². The average Bonchev–Trinajstić information content (AvgIpc) is 1.93. The lowest BCUT2D eigenvalue weighted by atomic mass is 9.87. The highest BCUT2D eigenvalue weighted by Gasteiger charge is 2.20. The Bertz CT molecular complexity index is 139. The number of aliphatic carboxylic acids is 1. The summed E-state index contributed by atoms with van der Waals surface area (Å²) in [5.74, 6) is -0.218. The number of carboxylic acid groups (broad SMARTS) is 1. The van der Waals surface area contributed by atoms with Gasteiger partial charge < -0.3 is 5.11 Å². The third-order valence-corrected chi connectivity index (χ3v) is 3.16. The quantitative estimate of drug-likeness (QED) is 0.727. The Morgan fingerprint density at radius 3 is 2.36 bits per heavy atom. The molecule has 0 amide bonds. The van der Waals surface area contributed by atoms with Crippen LogP contribution >= 0.6 is 15.9 Å². The van der Waals surface area contributed by atoms with Crippen molar-refractivity contribution in [1.82, 2.24) is 0 Å². The summed E-state index contributed by atoms with van der Waals surface area (Å²) in [6, 6.07) is 0. The normalized spacial score (nSPS) is 31.7. The van der Waals surface area contributed by atoms with Crippen molar-refractivity contribution in [3.8, 4) is 0 Å². The van der Waals surface area contributed by atoms with Gasteiger partial charge in [-0.1, -0.05) is 15.9 Å². The van der Waals surface area contributed by atoms with E-state index in [2.05, 4.69) is 15.9 Å². The van der Waals surface area contributed by atoms with E-state index in [1.165, 1.54) is 0 Å². The lowest BCUT2D eigenvalue weighted by Crippen LogP contribution is -2.16. The van der Waals surface area contributed by atoms with Gasteiger partial charge in [-0.15, -0.1) is 0 Å². The molecule has 0 aromatic rings. The molecular weight excluding hydrogens is 208 g/mol. The molecule has 0 aliphatic heterocycles. The molecule has 1 rings (SSSR count). The third-order valence-electron chi connectivity index (χ3n) is 2.24. The third kappa shape index (κ3) is 3.23. The molecule has 0 atom stereocenters. The number of halogens is 1. The Morgan fingerprint density at radius 2 is 1.91 bits per heavy atom. The van der Waals surface area contributed by atoms with Gasteiger partial charge in [-0.3, -0.25) is 4.79 Å².